The number of rotatable bonds is 4. The quantitative estimate of drug-likeness (QED) is 0.791. The molecule has 1 unspecified atom stereocenters. The molecule has 2 aliphatic heterocycles. The summed E-state index contributed by atoms with van der Waals surface area (Å²) in [7, 11) is 0. The van der Waals surface area contributed by atoms with E-state index >= 15 is 0 Å². The maximum atomic E-state index is 12.1. The van der Waals surface area contributed by atoms with Gasteiger partial charge in [-0.25, -0.2) is 4.79 Å². The minimum Gasteiger partial charge on any atom is -0.444 e. The van der Waals surface area contributed by atoms with E-state index in [-0.39, 0.29) is 6.09 Å². The van der Waals surface area contributed by atoms with Crippen molar-refractivity contribution in [1.82, 2.24) is 9.80 Å². The summed E-state index contributed by atoms with van der Waals surface area (Å²) in [6.45, 7) is 9.83. The first-order valence-electron chi connectivity index (χ1n) is 9.16. The monoisotopic (exact) mass is 330 g/mol. The third kappa shape index (κ3) is 4.97. The molecule has 2 aliphatic rings. The van der Waals surface area contributed by atoms with E-state index in [1.165, 1.54) is 18.7 Å². The normalized spacial score (nSPS) is 24.7. The largest absolute Gasteiger partial charge is 0.444 e. The highest BCUT2D eigenvalue weighted by atomic mass is 16.6. The zero-order chi connectivity index (χ0) is 17.2. The van der Waals surface area contributed by atoms with Gasteiger partial charge < -0.3 is 9.64 Å². The molecule has 24 heavy (non-hydrogen) atoms. The molecule has 3 rings (SSSR count). The van der Waals surface area contributed by atoms with Crippen molar-refractivity contribution in [2.45, 2.75) is 51.7 Å². The second kappa shape index (κ2) is 7.14. The highest BCUT2D eigenvalue weighted by Gasteiger charge is 2.36. The lowest BCUT2D eigenvalue weighted by molar-refractivity contribution is 0.0179. The van der Waals surface area contributed by atoms with Crippen LogP contribution in [0.1, 0.15) is 39.2 Å². The molecule has 4 heteroatoms. The molecular formula is C20H30N2O2. The number of likely N-dealkylation sites (tertiary alicyclic amines) is 1. The Morgan fingerprint density at radius 2 is 1.83 bits per heavy atom. The van der Waals surface area contributed by atoms with Gasteiger partial charge in [0.05, 0.1) is 0 Å². The topological polar surface area (TPSA) is 32.5 Å². The Hall–Kier alpha value is -1.55. The lowest BCUT2D eigenvalue weighted by atomic mass is 9.97. The lowest BCUT2D eigenvalue weighted by Gasteiger charge is -2.33. The predicted molar refractivity (Wildman–Crippen MR) is 96.0 cm³/mol. The van der Waals surface area contributed by atoms with Gasteiger partial charge in [0.25, 0.3) is 0 Å². The van der Waals surface area contributed by atoms with Gasteiger partial charge in [0.1, 0.15) is 5.60 Å². The van der Waals surface area contributed by atoms with Crippen LogP contribution < -0.4 is 0 Å². The minimum absolute atomic E-state index is 0.158. The minimum atomic E-state index is -0.404. The van der Waals surface area contributed by atoms with Gasteiger partial charge in [-0.2, -0.15) is 0 Å². The molecule has 2 fully saturated rings. The Morgan fingerprint density at radius 3 is 2.46 bits per heavy atom. The summed E-state index contributed by atoms with van der Waals surface area (Å²) in [6, 6.07) is 11.5. The summed E-state index contributed by atoms with van der Waals surface area (Å²) in [5.74, 6) is 0.712. The van der Waals surface area contributed by atoms with Gasteiger partial charge in [0.2, 0.25) is 0 Å². The maximum absolute atomic E-state index is 12.1. The van der Waals surface area contributed by atoms with Crippen molar-refractivity contribution in [2.24, 2.45) is 5.92 Å². The van der Waals surface area contributed by atoms with Gasteiger partial charge in [0.15, 0.2) is 0 Å². The van der Waals surface area contributed by atoms with Gasteiger partial charge >= 0.3 is 6.09 Å². The van der Waals surface area contributed by atoms with Gasteiger partial charge in [-0.1, -0.05) is 30.3 Å². The van der Waals surface area contributed by atoms with Gasteiger partial charge in [0, 0.05) is 32.2 Å². The van der Waals surface area contributed by atoms with Crippen molar-refractivity contribution >= 4 is 6.09 Å². The average molecular weight is 330 g/mol. The second-order valence-corrected chi connectivity index (χ2v) is 8.21. The molecule has 0 aliphatic carbocycles. The van der Waals surface area contributed by atoms with Crippen molar-refractivity contribution in [1.29, 1.82) is 0 Å². The van der Waals surface area contributed by atoms with Crippen LogP contribution in [0, 0.1) is 5.92 Å². The van der Waals surface area contributed by atoms with E-state index in [1.54, 1.807) is 0 Å². The Bertz CT molecular complexity index is 545. The summed E-state index contributed by atoms with van der Waals surface area (Å²) < 4.78 is 5.47. The van der Waals surface area contributed by atoms with Crippen molar-refractivity contribution in [3.63, 3.8) is 0 Å². The summed E-state index contributed by atoms with van der Waals surface area (Å²) in [6.07, 6.45) is 3.19. The number of amides is 1. The van der Waals surface area contributed by atoms with E-state index in [0.717, 1.165) is 38.4 Å². The van der Waals surface area contributed by atoms with Crippen molar-refractivity contribution in [2.75, 3.05) is 26.2 Å². The first-order valence-corrected chi connectivity index (χ1v) is 9.16. The molecule has 0 radical (unpaired) electrons. The first-order chi connectivity index (χ1) is 11.4. The number of benzene rings is 1. The zero-order valence-corrected chi connectivity index (χ0v) is 15.2. The number of carbonyl (C=O) groups is 1. The second-order valence-electron chi connectivity index (χ2n) is 8.21. The SMILES string of the molecule is CC(C)(C)OC(=O)N1CCC(CN2C[C@H]2Cc2ccccc2)CC1. The Labute approximate surface area is 145 Å². The summed E-state index contributed by atoms with van der Waals surface area (Å²) in [5, 5.41) is 0. The van der Waals surface area contributed by atoms with Crippen molar-refractivity contribution in [3.05, 3.63) is 35.9 Å². The fourth-order valence-electron chi connectivity index (χ4n) is 3.48. The fourth-order valence-corrected chi connectivity index (χ4v) is 3.48. The van der Waals surface area contributed by atoms with E-state index in [4.69, 9.17) is 4.74 Å². The van der Waals surface area contributed by atoms with Gasteiger partial charge in [-0.05, 0) is 51.5 Å². The fraction of sp³-hybridized carbons (Fsp3) is 0.650. The molecule has 2 atom stereocenters. The molecule has 0 spiro atoms. The third-order valence-corrected chi connectivity index (χ3v) is 4.90. The highest BCUT2D eigenvalue weighted by Crippen LogP contribution is 2.27. The maximum Gasteiger partial charge on any atom is 0.410 e. The van der Waals surface area contributed by atoms with E-state index in [9.17, 15) is 4.79 Å². The molecule has 2 heterocycles. The Morgan fingerprint density at radius 1 is 1.17 bits per heavy atom. The van der Waals surface area contributed by atoms with Crippen LogP contribution in [0.2, 0.25) is 0 Å². The average Bonchev–Trinajstić information content (AvgIpc) is 3.24. The van der Waals surface area contributed by atoms with Crippen molar-refractivity contribution < 1.29 is 9.53 Å². The Kier molecular flexibility index (Phi) is 5.14. The first kappa shape index (κ1) is 17.3. The van der Waals surface area contributed by atoms with Crippen LogP contribution in [0.15, 0.2) is 30.3 Å². The molecule has 1 amide bonds. The van der Waals surface area contributed by atoms with E-state index in [2.05, 4.69) is 35.2 Å². The van der Waals surface area contributed by atoms with Crippen LogP contribution in [-0.4, -0.2) is 53.7 Å². The summed E-state index contributed by atoms with van der Waals surface area (Å²) in [5.41, 5.74) is 1.03. The molecule has 1 aromatic carbocycles. The Balaban J connectivity index is 1.37. The smallest absolute Gasteiger partial charge is 0.410 e. The molecular weight excluding hydrogens is 300 g/mol. The van der Waals surface area contributed by atoms with Crippen LogP contribution in [0.3, 0.4) is 0 Å². The molecule has 0 saturated carbocycles. The van der Waals surface area contributed by atoms with Gasteiger partial charge in [-0.3, -0.25) is 4.90 Å². The van der Waals surface area contributed by atoms with Crippen molar-refractivity contribution in [3.8, 4) is 0 Å². The third-order valence-electron chi connectivity index (χ3n) is 4.90. The van der Waals surface area contributed by atoms with E-state index in [1.807, 2.05) is 25.7 Å². The molecule has 0 N–H and O–H groups in total. The summed E-state index contributed by atoms with van der Waals surface area (Å²) in [4.78, 5) is 16.6. The molecule has 4 nitrogen and oxygen atoms in total. The van der Waals surface area contributed by atoms with Crippen LogP contribution in [0.5, 0.6) is 0 Å². The highest BCUT2D eigenvalue weighted by molar-refractivity contribution is 5.68. The van der Waals surface area contributed by atoms with Crippen LogP contribution >= 0.6 is 0 Å². The number of carbonyl (C=O) groups excluding carboxylic acids is 1. The van der Waals surface area contributed by atoms with Crippen LogP contribution in [0.4, 0.5) is 4.79 Å². The number of hydrogen-bond acceptors (Lipinski definition) is 3. The predicted octanol–water partition coefficient (Wildman–Crippen LogP) is 3.56. The standard InChI is InChI=1S/C20H30N2O2/c1-20(2,3)24-19(23)21-11-9-17(10-12-21)14-22-15-18(22)13-16-7-5-4-6-8-16/h4-8,17-18H,9-15H2,1-3H3/t18-,22?/m1/s1. The number of nitrogens with zero attached hydrogens (tertiary/aromatic N) is 2. The van der Waals surface area contributed by atoms with Gasteiger partial charge in [-0.15, -0.1) is 0 Å². The molecule has 0 bridgehead atoms. The molecule has 0 aromatic heterocycles. The van der Waals surface area contributed by atoms with Crippen LogP contribution in [0.25, 0.3) is 0 Å². The lowest BCUT2D eigenvalue weighted by Crippen LogP contribution is -2.42. The summed E-state index contributed by atoms with van der Waals surface area (Å²) >= 11 is 0. The molecule has 132 valence electrons. The molecule has 1 aromatic rings. The molecule has 2 saturated heterocycles. The number of ether oxygens (including phenoxy) is 1. The van der Waals surface area contributed by atoms with E-state index < -0.39 is 5.60 Å². The number of piperidine rings is 1. The van der Waals surface area contributed by atoms with Crippen LogP contribution in [-0.2, 0) is 11.2 Å². The zero-order valence-electron chi connectivity index (χ0n) is 15.2. The van der Waals surface area contributed by atoms with E-state index in [0.29, 0.717) is 5.92 Å². The number of hydrogen-bond donors (Lipinski definition) is 0.